The number of thioether (sulfide) groups is 2. The second kappa shape index (κ2) is 4.91. The lowest BCUT2D eigenvalue weighted by atomic mass is 10.2. The minimum absolute atomic E-state index is 0.258. The molecule has 1 aromatic rings. The summed E-state index contributed by atoms with van der Waals surface area (Å²) >= 11 is 3.78. The highest BCUT2D eigenvalue weighted by Crippen LogP contribution is 2.35. The van der Waals surface area contributed by atoms with Gasteiger partial charge in [-0.3, -0.25) is 4.98 Å². The first-order valence-electron chi connectivity index (χ1n) is 4.20. The summed E-state index contributed by atoms with van der Waals surface area (Å²) in [5.41, 5.74) is 1.17. The summed E-state index contributed by atoms with van der Waals surface area (Å²) in [6.07, 6.45) is 7.19. The molecule has 0 fully saturated rings. The third-order valence-corrected chi connectivity index (χ3v) is 5.11. The van der Waals surface area contributed by atoms with Crippen LogP contribution < -0.4 is 0 Å². The molecule has 72 valence electrons. The summed E-state index contributed by atoms with van der Waals surface area (Å²) in [5.74, 6) is 0. The Kier molecular flexibility index (Phi) is 4.13. The molecule has 1 nitrogen and oxygen atoms in total. The lowest BCUT2D eigenvalue weighted by Gasteiger charge is -2.24. The Morgan fingerprint density at radius 1 is 1.31 bits per heavy atom. The number of hydrogen-bond acceptors (Lipinski definition) is 3. The Hall–Kier alpha value is -0.150. The highest BCUT2D eigenvalue weighted by molar-refractivity contribution is 8.17. The molecule has 0 bridgehead atoms. The molecule has 0 saturated carbocycles. The van der Waals surface area contributed by atoms with Crippen molar-refractivity contribution in [2.75, 3.05) is 12.5 Å². The van der Waals surface area contributed by atoms with Gasteiger partial charge in [0.2, 0.25) is 0 Å². The Labute approximate surface area is 88.7 Å². The van der Waals surface area contributed by atoms with Gasteiger partial charge in [0.25, 0.3) is 0 Å². The zero-order valence-electron chi connectivity index (χ0n) is 8.28. The Balaban J connectivity index is 2.68. The van der Waals surface area contributed by atoms with Crippen LogP contribution in [0.5, 0.6) is 0 Å². The van der Waals surface area contributed by atoms with Gasteiger partial charge in [0.15, 0.2) is 0 Å². The number of aromatic nitrogens is 1. The molecular formula is C10H15NS2. The molecule has 1 aromatic heterocycles. The van der Waals surface area contributed by atoms with E-state index in [0.29, 0.717) is 0 Å². The molecule has 0 N–H and O–H groups in total. The smallest absolute Gasteiger partial charge is 0.0632 e. The van der Waals surface area contributed by atoms with Crippen molar-refractivity contribution in [3.05, 3.63) is 30.1 Å². The third-order valence-electron chi connectivity index (χ3n) is 2.09. The third kappa shape index (κ3) is 3.24. The van der Waals surface area contributed by atoms with Crippen LogP contribution in [0.3, 0.4) is 0 Å². The molecule has 0 unspecified atom stereocenters. The van der Waals surface area contributed by atoms with Crippen LogP contribution in [0.15, 0.2) is 24.4 Å². The van der Waals surface area contributed by atoms with E-state index in [9.17, 15) is 0 Å². The fourth-order valence-electron chi connectivity index (χ4n) is 1.06. The fourth-order valence-corrected chi connectivity index (χ4v) is 2.31. The SMILES string of the molecule is CSC(C)(Cc1ccccn1)SC. The number of pyridine rings is 1. The van der Waals surface area contributed by atoms with Crippen LogP contribution in [-0.2, 0) is 6.42 Å². The molecule has 0 aliphatic heterocycles. The predicted molar refractivity (Wildman–Crippen MR) is 63.4 cm³/mol. The Morgan fingerprint density at radius 3 is 2.46 bits per heavy atom. The highest BCUT2D eigenvalue weighted by atomic mass is 32.2. The molecule has 0 spiro atoms. The molecule has 3 heteroatoms. The van der Waals surface area contributed by atoms with Crippen LogP contribution in [0.1, 0.15) is 12.6 Å². The second-order valence-electron chi connectivity index (χ2n) is 3.04. The summed E-state index contributed by atoms with van der Waals surface area (Å²) in [6, 6.07) is 6.09. The first kappa shape index (κ1) is 10.9. The van der Waals surface area contributed by atoms with Crippen LogP contribution in [0.25, 0.3) is 0 Å². The van der Waals surface area contributed by atoms with Gasteiger partial charge in [0, 0.05) is 18.3 Å². The van der Waals surface area contributed by atoms with Gasteiger partial charge in [-0.25, -0.2) is 0 Å². The van der Waals surface area contributed by atoms with E-state index < -0.39 is 0 Å². The van der Waals surface area contributed by atoms with Crippen LogP contribution >= 0.6 is 23.5 Å². The molecule has 0 radical (unpaired) electrons. The molecule has 1 rings (SSSR count). The molecule has 1 heterocycles. The van der Waals surface area contributed by atoms with E-state index in [1.54, 1.807) is 0 Å². The van der Waals surface area contributed by atoms with E-state index in [2.05, 4.69) is 30.5 Å². The summed E-state index contributed by atoms with van der Waals surface area (Å²) < 4.78 is 0.258. The van der Waals surface area contributed by atoms with E-state index in [1.165, 1.54) is 5.69 Å². The van der Waals surface area contributed by atoms with Crippen molar-refractivity contribution in [2.45, 2.75) is 17.4 Å². The van der Waals surface area contributed by atoms with Crippen molar-refractivity contribution in [3.63, 3.8) is 0 Å². The lowest BCUT2D eigenvalue weighted by Crippen LogP contribution is -2.18. The number of rotatable bonds is 4. The van der Waals surface area contributed by atoms with Crippen molar-refractivity contribution >= 4 is 23.5 Å². The lowest BCUT2D eigenvalue weighted by molar-refractivity contribution is 0.852. The van der Waals surface area contributed by atoms with Gasteiger partial charge in [0.05, 0.1) is 4.08 Å². The monoisotopic (exact) mass is 213 g/mol. The van der Waals surface area contributed by atoms with Crippen molar-refractivity contribution in [1.29, 1.82) is 0 Å². The van der Waals surface area contributed by atoms with Crippen molar-refractivity contribution in [3.8, 4) is 0 Å². The normalized spacial score (nSPS) is 11.6. The predicted octanol–water partition coefficient (Wildman–Crippen LogP) is 3.07. The van der Waals surface area contributed by atoms with Crippen LogP contribution in [-0.4, -0.2) is 21.6 Å². The molecule has 0 atom stereocenters. The topological polar surface area (TPSA) is 12.9 Å². The largest absolute Gasteiger partial charge is 0.261 e. The molecule has 13 heavy (non-hydrogen) atoms. The number of nitrogens with zero attached hydrogens (tertiary/aromatic N) is 1. The average molecular weight is 213 g/mol. The second-order valence-corrected chi connectivity index (χ2v) is 5.92. The maximum Gasteiger partial charge on any atom is 0.0632 e. The maximum atomic E-state index is 4.33. The standard InChI is InChI=1S/C10H15NS2/c1-10(12-2,13-3)8-9-6-4-5-7-11-9/h4-7H,8H2,1-3H3. The highest BCUT2D eigenvalue weighted by Gasteiger charge is 2.22. The number of hydrogen-bond donors (Lipinski definition) is 0. The first-order chi connectivity index (χ1) is 6.20. The van der Waals surface area contributed by atoms with Gasteiger partial charge in [0.1, 0.15) is 0 Å². The maximum absolute atomic E-state index is 4.33. The van der Waals surface area contributed by atoms with Crippen molar-refractivity contribution in [1.82, 2.24) is 4.98 Å². The van der Waals surface area contributed by atoms with Gasteiger partial charge in [-0.15, -0.1) is 23.5 Å². The average Bonchev–Trinajstić information content (AvgIpc) is 2.19. The molecule has 0 amide bonds. The van der Waals surface area contributed by atoms with Gasteiger partial charge >= 0.3 is 0 Å². The van der Waals surface area contributed by atoms with E-state index in [1.807, 2.05) is 41.9 Å². The quantitative estimate of drug-likeness (QED) is 0.713. The summed E-state index contributed by atoms with van der Waals surface area (Å²) in [7, 11) is 0. The summed E-state index contributed by atoms with van der Waals surface area (Å²) in [4.78, 5) is 4.33. The molecule has 0 aromatic carbocycles. The first-order valence-corrected chi connectivity index (χ1v) is 6.65. The minimum atomic E-state index is 0.258. The van der Waals surface area contributed by atoms with Crippen LogP contribution in [0, 0.1) is 0 Å². The summed E-state index contributed by atoms with van der Waals surface area (Å²) in [5, 5.41) is 0. The molecule has 0 aliphatic carbocycles. The van der Waals surface area contributed by atoms with Crippen LogP contribution in [0.4, 0.5) is 0 Å². The fraction of sp³-hybridized carbons (Fsp3) is 0.500. The zero-order chi connectivity index (χ0) is 9.73. The van der Waals surface area contributed by atoms with Crippen molar-refractivity contribution < 1.29 is 0 Å². The van der Waals surface area contributed by atoms with Gasteiger partial charge in [-0.1, -0.05) is 6.07 Å². The van der Waals surface area contributed by atoms with Gasteiger partial charge in [-0.2, -0.15) is 0 Å². The zero-order valence-corrected chi connectivity index (χ0v) is 9.91. The van der Waals surface area contributed by atoms with E-state index in [4.69, 9.17) is 0 Å². The van der Waals surface area contributed by atoms with E-state index in [0.717, 1.165) is 6.42 Å². The van der Waals surface area contributed by atoms with E-state index in [-0.39, 0.29) is 4.08 Å². The van der Waals surface area contributed by atoms with Crippen LogP contribution in [0.2, 0.25) is 0 Å². The molecular weight excluding hydrogens is 198 g/mol. The summed E-state index contributed by atoms with van der Waals surface area (Å²) in [6.45, 7) is 2.26. The Morgan fingerprint density at radius 2 is 2.00 bits per heavy atom. The minimum Gasteiger partial charge on any atom is -0.261 e. The Bertz CT molecular complexity index is 244. The van der Waals surface area contributed by atoms with E-state index >= 15 is 0 Å². The van der Waals surface area contributed by atoms with Crippen molar-refractivity contribution in [2.24, 2.45) is 0 Å². The molecule has 0 aliphatic rings. The van der Waals surface area contributed by atoms with Gasteiger partial charge in [-0.05, 0) is 31.6 Å². The molecule has 0 saturated heterocycles. The van der Waals surface area contributed by atoms with Gasteiger partial charge < -0.3 is 0 Å².